The van der Waals surface area contributed by atoms with Gasteiger partial charge in [-0.15, -0.1) is 0 Å². The molecule has 1 heterocycles. The van der Waals surface area contributed by atoms with Gasteiger partial charge in [0.15, 0.2) is 11.5 Å². The highest BCUT2D eigenvalue weighted by molar-refractivity contribution is 7.93. The van der Waals surface area contributed by atoms with Crippen LogP contribution in [0.3, 0.4) is 0 Å². The van der Waals surface area contributed by atoms with Crippen molar-refractivity contribution in [1.29, 1.82) is 0 Å². The third kappa shape index (κ3) is 3.34. The maximum Gasteiger partial charge on any atom is 0.280 e. The van der Waals surface area contributed by atoms with Crippen molar-refractivity contribution in [2.75, 3.05) is 4.31 Å². The van der Waals surface area contributed by atoms with Crippen molar-refractivity contribution >= 4 is 27.2 Å². The Hall–Kier alpha value is -3.65. The first-order chi connectivity index (χ1) is 13.9. The van der Waals surface area contributed by atoms with E-state index in [-0.39, 0.29) is 21.9 Å². The number of fused-ring (bicyclic) bond motifs is 1. The normalized spacial score (nSPS) is 13.3. The van der Waals surface area contributed by atoms with Crippen LogP contribution in [0.15, 0.2) is 83.9 Å². The maximum atomic E-state index is 13.3. The van der Waals surface area contributed by atoms with Gasteiger partial charge in [-0.1, -0.05) is 42.0 Å². The van der Waals surface area contributed by atoms with Crippen LogP contribution in [-0.2, 0) is 10.0 Å². The quantitative estimate of drug-likeness (QED) is 0.469. The summed E-state index contributed by atoms with van der Waals surface area (Å²) in [5.41, 5.74) is 1.28. The molecule has 0 radical (unpaired) electrons. The van der Waals surface area contributed by atoms with Crippen molar-refractivity contribution in [2.45, 2.75) is 11.8 Å². The van der Waals surface area contributed by atoms with Crippen LogP contribution >= 0.6 is 0 Å². The first-order valence-electron chi connectivity index (χ1n) is 8.71. The zero-order valence-electron chi connectivity index (χ0n) is 15.3. The molecule has 0 atom stereocenters. The third-order valence-electron chi connectivity index (χ3n) is 4.50. The van der Waals surface area contributed by atoms with Crippen molar-refractivity contribution in [3.05, 3.63) is 100 Å². The minimum atomic E-state index is -3.96. The van der Waals surface area contributed by atoms with E-state index in [1.54, 1.807) is 48.5 Å². The van der Waals surface area contributed by atoms with Crippen LogP contribution in [0.1, 0.15) is 11.1 Å². The Balaban J connectivity index is 1.90. The molecular weight excluding hydrogens is 392 g/mol. The number of anilines is 1. The monoisotopic (exact) mass is 408 g/mol. The number of ether oxygens (including phenoxy) is 1. The molecule has 1 aliphatic rings. The molecule has 0 fully saturated rings. The molecule has 3 aromatic carbocycles. The van der Waals surface area contributed by atoms with E-state index < -0.39 is 14.9 Å². The van der Waals surface area contributed by atoms with Gasteiger partial charge in [0.05, 0.1) is 27.3 Å². The van der Waals surface area contributed by atoms with Gasteiger partial charge >= 0.3 is 0 Å². The standard InChI is InChI=1S/C21H16N2O5S/c1-15-10-12-16(13-11-15)29(26,27)22-14-21(28-20-9-5-4-8-19(20)22)17-6-2-3-7-18(17)23(24)25/h2-14H,1H3. The Labute approximate surface area is 167 Å². The average Bonchev–Trinajstić information content (AvgIpc) is 2.73. The minimum Gasteiger partial charge on any atom is -0.453 e. The van der Waals surface area contributed by atoms with Crippen LogP contribution in [0, 0.1) is 17.0 Å². The number of aryl methyl sites for hydroxylation is 1. The van der Waals surface area contributed by atoms with Crippen molar-refractivity contribution in [1.82, 2.24) is 0 Å². The van der Waals surface area contributed by atoms with Gasteiger partial charge in [0.25, 0.3) is 15.7 Å². The molecule has 3 aromatic rings. The minimum absolute atomic E-state index is 0.0756. The zero-order valence-corrected chi connectivity index (χ0v) is 16.2. The Bertz CT molecular complexity index is 1230. The predicted molar refractivity (Wildman–Crippen MR) is 109 cm³/mol. The Kier molecular flexibility index (Phi) is 4.56. The molecule has 0 saturated heterocycles. The summed E-state index contributed by atoms with van der Waals surface area (Å²) in [5.74, 6) is 0.366. The van der Waals surface area contributed by atoms with Crippen LogP contribution < -0.4 is 9.04 Å². The molecule has 8 heteroatoms. The average molecular weight is 408 g/mol. The molecule has 29 heavy (non-hydrogen) atoms. The van der Waals surface area contributed by atoms with E-state index in [1.165, 1.54) is 30.5 Å². The van der Waals surface area contributed by atoms with E-state index in [0.29, 0.717) is 11.4 Å². The lowest BCUT2D eigenvalue weighted by atomic mass is 10.1. The largest absolute Gasteiger partial charge is 0.453 e. The van der Waals surface area contributed by atoms with Crippen LogP contribution in [0.25, 0.3) is 5.76 Å². The first-order valence-corrected chi connectivity index (χ1v) is 10.2. The number of para-hydroxylation sites is 3. The van der Waals surface area contributed by atoms with E-state index in [2.05, 4.69) is 0 Å². The predicted octanol–water partition coefficient (Wildman–Crippen LogP) is 4.49. The highest BCUT2D eigenvalue weighted by Gasteiger charge is 2.32. The van der Waals surface area contributed by atoms with Gasteiger partial charge in [0.2, 0.25) is 0 Å². The van der Waals surface area contributed by atoms with Gasteiger partial charge in [-0.25, -0.2) is 12.7 Å². The van der Waals surface area contributed by atoms with Gasteiger partial charge in [0.1, 0.15) is 0 Å². The number of hydrogen-bond acceptors (Lipinski definition) is 5. The molecule has 4 rings (SSSR count). The van der Waals surface area contributed by atoms with Gasteiger partial charge < -0.3 is 4.74 Å². The summed E-state index contributed by atoms with van der Waals surface area (Å²) in [5, 5.41) is 11.4. The Morgan fingerprint density at radius 2 is 1.59 bits per heavy atom. The number of sulfonamides is 1. The molecule has 1 aliphatic heterocycles. The summed E-state index contributed by atoms with van der Waals surface area (Å²) in [6.07, 6.45) is 1.28. The molecule has 0 N–H and O–H groups in total. The molecular formula is C21H16N2O5S. The number of nitrogens with zero attached hydrogens (tertiary/aromatic N) is 2. The number of hydrogen-bond donors (Lipinski definition) is 0. The molecule has 0 bridgehead atoms. The summed E-state index contributed by atoms with van der Waals surface area (Å²) < 4.78 is 33.6. The number of rotatable bonds is 4. The summed E-state index contributed by atoms with van der Waals surface area (Å²) in [6.45, 7) is 1.87. The fourth-order valence-electron chi connectivity index (χ4n) is 3.03. The van der Waals surface area contributed by atoms with Crippen molar-refractivity contribution in [3.63, 3.8) is 0 Å². The molecule has 7 nitrogen and oxygen atoms in total. The Morgan fingerprint density at radius 3 is 2.31 bits per heavy atom. The zero-order chi connectivity index (χ0) is 20.6. The molecule has 0 saturated carbocycles. The lowest BCUT2D eigenvalue weighted by molar-refractivity contribution is -0.385. The maximum absolute atomic E-state index is 13.3. The van der Waals surface area contributed by atoms with Gasteiger partial charge in [-0.05, 0) is 37.3 Å². The highest BCUT2D eigenvalue weighted by Crippen LogP contribution is 2.41. The van der Waals surface area contributed by atoms with Gasteiger partial charge in [-0.2, -0.15) is 0 Å². The first kappa shape index (κ1) is 18.7. The summed E-state index contributed by atoms with van der Waals surface area (Å²) in [7, 11) is -3.96. The summed E-state index contributed by atoms with van der Waals surface area (Å²) >= 11 is 0. The fourth-order valence-corrected chi connectivity index (χ4v) is 4.39. The number of nitro benzene ring substituents is 1. The number of benzene rings is 3. The van der Waals surface area contributed by atoms with Crippen LogP contribution in [-0.4, -0.2) is 13.3 Å². The van der Waals surface area contributed by atoms with Gasteiger partial charge in [-0.3, -0.25) is 10.1 Å². The van der Waals surface area contributed by atoms with Crippen LogP contribution in [0.5, 0.6) is 5.75 Å². The van der Waals surface area contributed by atoms with Crippen molar-refractivity contribution in [2.24, 2.45) is 0 Å². The Morgan fingerprint density at radius 1 is 0.931 bits per heavy atom. The fraction of sp³-hybridized carbons (Fsp3) is 0.0476. The van der Waals surface area contributed by atoms with E-state index in [1.807, 2.05) is 6.92 Å². The second-order valence-electron chi connectivity index (χ2n) is 6.45. The molecule has 0 amide bonds. The van der Waals surface area contributed by atoms with Gasteiger partial charge in [0, 0.05) is 6.07 Å². The second kappa shape index (κ2) is 7.06. The lowest BCUT2D eigenvalue weighted by Crippen LogP contribution is -2.29. The topological polar surface area (TPSA) is 89.8 Å². The number of nitro groups is 1. The van der Waals surface area contributed by atoms with E-state index in [9.17, 15) is 18.5 Å². The van der Waals surface area contributed by atoms with E-state index in [0.717, 1.165) is 9.87 Å². The highest BCUT2D eigenvalue weighted by atomic mass is 32.2. The molecule has 0 aliphatic carbocycles. The summed E-state index contributed by atoms with van der Waals surface area (Å²) in [6, 6.07) is 19.2. The molecule has 0 unspecified atom stereocenters. The van der Waals surface area contributed by atoms with Crippen molar-refractivity contribution in [3.8, 4) is 5.75 Å². The van der Waals surface area contributed by atoms with E-state index >= 15 is 0 Å². The third-order valence-corrected chi connectivity index (χ3v) is 6.19. The van der Waals surface area contributed by atoms with Crippen LogP contribution in [0.2, 0.25) is 0 Å². The van der Waals surface area contributed by atoms with Crippen molar-refractivity contribution < 1.29 is 18.1 Å². The van der Waals surface area contributed by atoms with Crippen LogP contribution in [0.4, 0.5) is 11.4 Å². The summed E-state index contributed by atoms with van der Waals surface area (Å²) in [4.78, 5) is 11.0. The van der Waals surface area contributed by atoms with E-state index in [4.69, 9.17) is 4.74 Å². The molecule has 0 aromatic heterocycles. The second-order valence-corrected chi connectivity index (χ2v) is 8.27. The molecule has 0 spiro atoms. The smallest absolute Gasteiger partial charge is 0.280 e. The lowest BCUT2D eigenvalue weighted by Gasteiger charge is -2.28. The molecule has 146 valence electrons. The SMILES string of the molecule is Cc1ccc(S(=O)(=O)N2C=C(c3ccccc3[N+](=O)[O-])Oc3ccccc32)cc1.